The summed E-state index contributed by atoms with van der Waals surface area (Å²) in [5.41, 5.74) is 4.29. The molecule has 0 bridgehead atoms. The molecule has 37 heavy (non-hydrogen) atoms. The number of likely N-dealkylation sites (tertiary alicyclic amines) is 1. The number of carbonyl (C=O) groups is 2. The number of amides is 2. The third-order valence-electron chi connectivity index (χ3n) is 6.58. The first kappa shape index (κ1) is 24.5. The highest BCUT2D eigenvalue weighted by molar-refractivity contribution is 5.94. The van der Waals surface area contributed by atoms with Crippen molar-refractivity contribution in [3.8, 4) is 5.75 Å². The van der Waals surface area contributed by atoms with E-state index in [1.807, 2.05) is 78.3 Å². The zero-order valence-electron chi connectivity index (χ0n) is 20.9. The number of imidazole rings is 1. The summed E-state index contributed by atoms with van der Waals surface area (Å²) in [5, 5.41) is 6.05. The van der Waals surface area contributed by atoms with Gasteiger partial charge in [0, 0.05) is 42.8 Å². The van der Waals surface area contributed by atoms with Gasteiger partial charge in [-0.1, -0.05) is 24.3 Å². The number of carbonyl (C=O) groups excluding carboxylic acids is 2. The van der Waals surface area contributed by atoms with E-state index < -0.39 is 0 Å². The molecule has 2 aromatic heterocycles. The van der Waals surface area contributed by atoms with E-state index >= 15 is 0 Å². The highest BCUT2D eigenvalue weighted by Crippen LogP contribution is 2.17. The van der Waals surface area contributed by atoms with E-state index in [1.54, 1.807) is 12.1 Å². The van der Waals surface area contributed by atoms with Crippen LogP contribution in [0.5, 0.6) is 5.75 Å². The Bertz CT molecular complexity index is 1360. The van der Waals surface area contributed by atoms with Gasteiger partial charge in [-0.3, -0.25) is 14.5 Å². The maximum absolute atomic E-state index is 12.8. The molecule has 0 aliphatic carbocycles. The van der Waals surface area contributed by atoms with E-state index in [0.717, 1.165) is 48.5 Å². The Labute approximate surface area is 216 Å². The first-order valence-corrected chi connectivity index (χ1v) is 12.6. The van der Waals surface area contributed by atoms with Gasteiger partial charge < -0.3 is 19.8 Å². The number of ether oxygens (including phenoxy) is 1. The Balaban J connectivity index is 1.06. The summed E-state index contributed by atoms with van der Waals surface area (Å²) < 4.78 is 7.87. The van der Waals surface area contributed by atoms with Gasteiger partial charge in [0.25, 0.3) is 5.91 Å². The lowest BCUT2D eigenvalue weighted by atomic mass is 10.0. The van der Waals surface area contributed by atoms with Crippen LogP contribution >= 0.6 is 0 Å². The van der Waals surface area contributed by atoms with Gasteiger partial charge in [0.15, 0.2) is 0 Å². The van der Waals surface area contributed by atoms with Crippen molar-refractivity contribution in [1.82, 2.24) is 19.6 Å². The zero-order chi connectivity index (χ0) is 25.6. The molecule has 5 rings (SSSR count). The van der Waals surface area contributed by atoms with Gasteiger partial charge in [0.2, 0.25) is 5.91 Å². The van der Waals surface area contributed by atoms with Crippen LogP contribution in [0.25, 0.3) is 5.65 Å². The van der Waals surface area contributed by atoms with Crippen LogP contribution in [0.4, 0.5) is 5.69 Å². The van der Waals surface area contributed by atoms with E-state index in [-0.39, 0.29) is 17.9 Å². The Morgan fingerprint density at radius 2 is 1.76 bits per heavy atom. The molecule has 8 nitrogen and oxygen atoms in total. The number of para-hydroxylation sites is 1. The molecule has 0 radical (unpaired) electrons. The molecule has 1 fully saturated rings. The Kier molecular flexibility index (Phi) is 7.46. The molecule has 3 heterocycles. The number of anilines is 1. The van der Waals surface area contributed by atoms with Crippen LogP contribution < -0.4 is 15.4 Å². The summed E-state index contributed by atoms with van der Waals surface area (Å²) in [6, 6.07) is 20.8. The smallest absolute Gasteiger partial charge is 0.251 e. The Hall–Kier alpha value is -4.17. The number of aromatic nitrogens is 2. The molecule has 8 heteroatoms. The lowest BCUT2D eigenvalue weighted by Gasteiger charge is -2.31. The monoisotopic (exact) mass is 497 g/mol. The predicted octanol–water partition coefficient (Wildman–Crippen LogP) is 4.05. The molecule has 190 valence electrons. The first-order valence-electron chi connectivity index (χ1n) is 12.6. The number of aryl methyl sites for hydroxylation is 1. The summed E-state index contributed by atoms with van der Waals surface area (Å²) in [4.78, 5) is 31.8. The number of hydrogen-bond acceptors (Lipinski definition) is 5. The lowest BCUT2D eigenvalue weighted by Crippen LogP contribution is -2.46. The van der Waals surface area contributed by atoms with Crippen LogP contribution in [0, 0.1) is 6.92 Å². The second kappa shape index (κ2) is 11.3. The SMILES string of the molecule is Cc1cccn2cc(COc3ccc(C(=O)NC4CCN(CC(=O)Nc5ccccc5)CC4)cc3)nc12. The molecule has 2 amide bonds. The molecule has 2 N–H and O–H groups in total. The maximum Gasteiger partial charge on any atom is 0.251 e. The summed E-state index contributed by atoms with van der Waals surface area (Å²) in [5.74, 6) is 0.572. The lowest BCUT2D eigenvalue weighted by molar-refractivity contribution is -0.117. The minimum Gasteiger partial charge on any atom is -0.487 e. The van der Waals surface area contributed by atoms with Gasteiger partial charge >= 0.3 is 0 Å². The van der Waals surface area contributed by atoms with Gasteiger partial charge in [-0.15, -0.1) is 0 Å². The van der Waals surface area contributed by atoms with Crippen molar-refractivity contribution < 1.29 is 14.3 Å². The Morgan fingerprint density at radius 1 is 1.00 bits per heavy atom. The van der Waals surface area contributed by atoms with E-state index in [1.165, 1.54) is 0 Å². The van der Waals surface area contributed by atoms with Crippen LogP contribution in [0.1, 0.15) is 34.5 Å². The number of fused-ring (bicyclic) bond motifs is 1. The number of benzene rings is 2. The van der Waals surface area contributed by atoms with Crippen molar-refractivity contribution in [1.29, 1.82) is 0 Å². The Morgan fingerprint density at radius 3 is 2.49 bits per heavy atom. The third kappa shape index (κ3) is 6.34. The van der Waals surface area contributed by atoms with Crippen LogP contribution in [-0.4, -0.2) is 51.8 Å². The first-order chi connectivity index (χ1) is 18.0. The van der Waals surface area contributed by atoms with Crippen LogP contribution in [-0.2, 0) is 11.4 Å². The van der Waals surface area contributed by atoms with Crippen LogP contribution in [0.15, 0.2) is 79.1 Å². The fourth-order valence-electron chi connectivity index (χ4n) is 4.56. The van der Waals surface area contributed by atoms with Gasteiger partial charge in [0.05, 0.1) is 12.2 Å². The highest BCUT2D eigenvalue weighted by Gasteiger charge is 2.22. The standard InChI is InChI=1S/C29H31N5O3/c1-21-6-5-15-34-18-25(31-28(21)34)20-37-26-11-9-22(10-12-26)29(36)32-24-13-16-33(17-14-24)19-27(35)30-23-7-3-2-4-8-23/h2-12,15,18,24H,13-14,16-17,19-20H2,1H3,(H,30,35)(H,32,36). The molecule has 1 aliphatic heterocycles. The van der Waals surface area contributed by atoms with Gasteiger partial charge in [-0.05, 0) is 67.8 Å². The fraction of sp³-hybridized carbons (Fsp3) is 0.276. The summed E-state index contributed by atoms with van der Waals surface area (Å²) in [7, 11) is 0. The average molecular weight is 498 g/mol. The molecule has 0 spiro atoms. The molecular weight excluding hydrogens is 466 g/mol. The minimum atomic E-state index is -0.0948. The van der Waals surface area contributed by atoms with Crippen molar-refractivity contribution >= 4 is 23.1 Å². The van der Waals surface area contributed by atoms with E-state index in [0.29, 0.717) is 24.5 Å². The second-order valence-corrected chi connectivity index (χ2v) is 9.41. The van der Waals surface area contributed by atoms with Gasteiger partial charge in [-0.2, -0.15) is 0 Å². The molecule has 2 aromatic carbocycles. The van der Waals surface area contributed by atoms with E-state index in [9.17, 15) is 9.59 Å². The normalized spacial score (nSPS) is 14.4. The summed E-state index contributed by atoms with van der Waals surface area (Å²) in [6.45, 7) is 4.27. The van der Waals surface area contributed by atoms with E-state index in [4.69, 9.17) is 4.74 Å². The van der Waals surface area contributed by atoms with E-state index in [2.05, 4.69) is 20.5 Å². The maximum atomic E-state index is 12.8. The molecule has 1 saturated heterocycles. The summed E-state index contributed by atoms with van der Waals surface area (Å²) >= 11 is 0. The topological polar surface area (TPSA) is 88.0 Å². The number of nitrogens with one attached hydrogen (secondary N) is 2. The van der Waals surface area contributed by atoms with Crippen LogP contribution in [0.2, 0.25) is 0 Å². The molecule has 0 atom stereocenters. The molecule has 0 unspecified atom stereocenters. The number of nitrogens with zero attached hydrogens (tertiary/aromatic N) is 3. The molecular formula is C29H31N5O3. The molecule has 1 aliphatic rings. The predicted molar refractivity (Wildman–Crippen MR) is 143 cm³/mol. The second-order valence-electron chi connectivity index (χ2n) is 9.41. The van der Waals surface area contributed by atoms with Gasteiger partial charge in [-0.25, -0.2) is 4.98 Å². The number of pyridine rings is 1. The van der Waals surface area contributed by atoms with Crippen molar-refractivity contribution in [3.05, 3.63) is 95.9 Å². The largest absolute Gasteiger partial charge is 0.487 e. The third-order valence-corrected chi connectivity index (χ3v) is 6.58. The summed E-state index contributed by atoms with van der Waals surface area (Å²) in [6.07, 6.45) is 5.55. The molecule has 0 saturated carbocycles. The minimum absolute atomic E-state index is 0.0210. The van der Waals surface area contributed by atoms with Crippen molar-refractivity contribution in [2.45, 2.75) is 32.4 Å². The highest BCUT2D eigenvalue weighted by atomic mass is 16.5. The van der Waals surface area contributed by atoms with Crippen molar-refractivity contribution in [2.75, 3.05) is 25.0 Å². The number of rotatable bonds is 8. The number of hydrogen-bond donors (Lipinski definition) is 2. The van der Waals surface area contributed by atoms with Crippen molar-refractivity contribution in [2.24, 2.45) is 0 Å². The van der Waals surface area contributed by atoms with Gasteiger partial charge in [0.1, 0.15) is 18.0 Å². The fourth-order valence-corrected chi connectivity index (χ4v) is 4.56. The van der Waals surface area contributed by atoms with Crippen molar-refractivity contribution in [3.63, 3.8) is 0 Å². The van der Waals surface area contributed by atoms with Crippen LogP contribution in [0.3, 0.4) is 0 Å². The molecule has 4 aromatic rings. The quantitative estimate of drug-likeness (QED) is 0.383. The zero-order valence-corrected chi connectivity index (χ0v) is 20.9. The average Bonchev–Trinajstić information content (AvgIpc) is 3.34. The number of piperidine rings is 1.